The predicted octanol–water partition coefficient (Wildman–Crippen LogP) is 4.08. The van der Waals surface area contributed by atoms with Crippen molar-refractivity contribution in [2.45, 2.75) is 19.8 Å². The molecule has 0 heterocycles. The molecule has 0 fully saturated rings. The van der Waals surface area contributed by atoms with Gasteiger partial charge < -0.3 is 4.74 Å². The summed E-state index contributed by atoms with van der Waals surface area (Å²) in [6.45, 7) is 4.63. The molecule has 1 unspecified atom stereocenters. The summed E-state index contributed by atoms with van der Waals surface area (Å²) in [4.78, 5) is 0. The Labute approximate surface area is 95.0 Å². The van der Waals surface area contributed by atoms with E-state index in [-0.39, 0.29) is 0 Å². The van der Waals surface area contributed by atoms with Crippen LogP contribution in [0, 0.1) is 0 Å². The Morgan fingerprint density at radius 3 is 2.64 bits per heavy atom. The number of rotatable bonds is 4. The van der Waals surface area contributed by atoms with Crippen LogP contribution in [0.5, 0.6) is 5.75 Å². The lowest BCUT2D eigenvalue weighted by Crippen LogP contribution is -1.97. The monoisotopic (exact) mass is 232 g/mol. The fraction of sp³-hybridized carbons (Fsp3) is 0.455. The normalized spacial score (nSPS) is 12.6. The Kier molecular flexibility index (Phi) is 4.56. The fourth-order valence-corrected chi connectivity index (χ4v) is 1.61. The van der Waals surface area contributed by atoms with Gasteiger partial charge >= 0.3 is 0 Å². The Balaban J connectivity index is 2.88. The highest BCUT2D eigenvalue weighted by atomic mass is 35.5. The molecule has 0 aromatic heterocycles. The predicted molar refractivity (Wildman–Crippen MR) is 61.8 cm³/mol. The van der Waals surface area contributed by atoms with E-state index >= 15 is 0 Å². The minimum atomic E-state index is 0.324. The van der Waals surface area contributed by atoms with E-state index in [0.29, 0.717) is 23.4 Å². The second-order valence-corrected chi connectivity index (χ2v) is 3.89. The minimum Gasteiger partial charge on any atom is -0.492 e. The van der Waals surface area contributed by atoms with Gasteiger partial charge in [0.05, 0.1) is 11.6 Å². The van der Waals surface area contributed by atoms with Gasteiger partial charge in [-0.3, -0.25) is 0 Å². The number of ether oxygens (including phenoxy) is 1. The lowest BCUT2D eigenvalue weighted by Gasteiger charge is -2.11. The highest BCUT2D eigenvalue weighted by molar-refractivity contribution is 6.32. The first kappa shape index (κ1) is 11.7. The summed E-state index contributed by atoms with van der Waals surface area (Å²) < 4.78 is 5.34. The van der Waals surface area contributed by atoms with E-state index in [9.17, 15) is 0 Å². The zero-order chi connectivity index (χ0) is 10.6. The molecule has 78 valence electrons. The minimum absolute atomic E-state index is 0.324. The van der Waals surface area contributed by atoms with Crippen LogP contribution in [0.2, 0.25) is 5.02 Å². The molecule has 0 aliphatic heterocycles. The van der Waals surface area contributed by atoms with Crippen molar-refractivity contribution in [3.8, 4) is 5.75 Å². The van der Waals surface area contributed by atoms with Crippen LogP contribution in [0.1, 0.15) is 25.3 Å². The third-order valence-corrected chi connectivity index (χ3v) is 2.81. The fourth-order valence-electron chi connectivity index (χ4n) is 1.19. The maximum Gasteiger partial charge on any atom is 0.137 e. The zero-order valence-electron chi connectivity index (χ0n) is 8.39. The number of hydrogen-bond acceptors (Lipinski definition) is 1. The molecule has 3 heteroatoms. The standard InChI is InChI=1S/C11H14Cl2O/c1-3-14-11-5-4-9(6-10(11)13)8(2)7-12/h4-6,8H,3,7H2,1-2H3. The summed E-state index contributed by atoms with van der Waals surface area (Å²) in [6, 6.07) is 5.81. The van der Waals surface area contributed by atoms with E-state index in [2.05, 4.69) is 6.92 Å². The molecule has 1 nitrogen and oxygen atoms in total. The summed E-state index contributed by atoms with van der Waals surface area (Å²) in [6.07, 6.45) is 0. The van der Waals surface area contributed by atoms with Crippen molar-refractivity contribution < 1.29 is 4.74 Å². The van der Waals surface area contributed by atoms with Gasteiger partial charge in [0.25, 0.3) is 0 Å². The van der Waals surface area contributed by atoms with E-state index in [0.717, 1.165) is 11.3 Å². The van der Waals surface area contributed by atoms with Crippen LogP contribution in [0.4, 0.5) is 0 Å². The van der Waals surface area contributed by atoms with Crippen molar-refractivity contribution in [3.63, 3.8) is 0 Å². The average Bonchev–Trinajstić information content (AvgIpc) is 2.20. The summed E-state index contributed by atoms with van der Waals surface area (Å²) >= 11 is 11.8. The highest BCUT2D eigenvalue weighted by Crippen LogP contribution is 2.28. The molecule has 1 aromatic carbocycles. The molecule has 0 amide bonds. The maximum atomic E-state index is 6.04. The van der Waals surface area contributed by atoms with Gasteiger partial charge in [-0.15, -0.1) is 11.6 Å². The average molecular weight is 233 g/mol. The number of halogens is 2. The van der Waals surface area contributed by atoms with E-state index < -0.39 is 0 Å². The smallest absolute Gasteiger partial charge is 0.137 e. The Morgan fingerprint density at radius 2 is 2.14 bits per heavy atom. The molecule has 0 radical (unpaired) electrons. The van der Waals surface area contributed by atoms with Gasteiger partial charge in [-0.25, -0.2) is 0 Å². The second-order valence-electron chi connectivity index (χ2n) is 3.18. The van der Waals surface area contributed by atoms with E-state index in [4.69, 9.17) is 27.9 Å². The van der Waals surface area contributed by atoms with Crippen molar-refractivity contribution in [2.75, 3.05) is 12.5 Å². The summed E-state index contributed by atoms with van der Waals surface area (Å²) in [5.41, 5.74) is 1.15. The number of hydrogen-bond donors (Lipinski definition) is 0. The molecule has 0 N–H and O–H groups in total. The Bertz CT molecular complexity index is 299. The molecule has 1 rings (SSSR count). The number of alkyl halides is 1. The topological polar surface area (TPSA) is 9.23 Å². The first-order chi connectivity index (χ1) is 6.69. The zero-order valence-corrected chi connectivity index (χ0v) is 9.90. The molecule has 14 heavy (non-hydrogen) atoms. The lowest BCUT2D eigenvalue weighted by atomic mass is 10.0. The maximum absolute atomic E-state index is 6.04. The first-order valence-corrected chi connectivity index (χ1v) is 5.58. The SMILES string of the molecule is CCOc1ccc(C(C)CCl)cc1Cl. The largest absolute Gasteiger partial charge is 0.492 e. The van der Waals surface area contributed by atoms with E-state index in [1.165, 1.54) is 0 Å². The lowest BCUT2D eigenvalue weighted by molar-refractivity contribution is 0.340. The van der Waals surface area contributed by atoms with Crippen LogP contribution < -0.4 is 4.74 Å². The third kappa shape index (κ3) is 2.79. The Hall–Kier alpha value is -0.400. The van der Waals surface area contributed by atoms with E-state index in [1.807, 2.05) is 25.1 Å². The van der Waals surface area contributed by atoms with Gasteiger partial charge in [-0.2, -0.15) is 0 Å². The first-order valence-electron chi connectivity index (χ1n) is 4.67. The molecule has 1 atom stereocenters. The quantitative estimate of drug-likeness (QED) is 0.712. The molecular weight excluding hydrogens is 219 g/mol. The van der Waals surface area contributed by atoms with Crippen LogP contribution >= 0.6 is 23.2 Å². The van der Waals surface area contributed by atoms with Crippen LogP contribution in [0.3, 0.4) is 0 Å². The Morgan fingerprint density at radius 1 is 1.43 bits per heavy atom. The van der Waals surface area contributed by atoms with Crippen molar-refractivity contribution >= 4 is 23.2 Å². The molecule has 0 bridgehead atoms. The number of benzene rings is 1. The molecule has 0 saturated heterocycles. The summed E-state index contributed by atoms with van der Waals surface area (Å²) in [7, 11) is 0. The molecular formula is C11H14Cl2O. The molecule has 1 aromatic rings. The van der Waals surface area contributed by atoms with Crippen molar-refractivity contribution in [1.29, 1.82) is 0 Å². The van der Waals surface area contributed by atoms with Gasteiger partial charge in [0.15, 0.2) is 0 Å². The van der Waals surface area contributed by atoms with Crippen molar-refractivity contribution in [3.05, 3.63) is 28.8 Å². The molecule has 0 saturated carbocycles. The van der Waals surface area contributed by atoms with Gasteiger partial charge in [0.1, 0.15) is 5.75 Å². The van der Waals surface area contributed by atoms with Gasteiger partial charge in [-0.05, 0) is 30.5 Å². The van der Waals surface area contributed by atoms with Crippen LogP contribution in [-0.4, -0.2) is 12.5 Å². The van der Waals surface area contributed by atoms with Crippen molar-refractivity contribution in [2.24, 2.45) is 0 Å². The highest BCUT2D eigenvalue weighted by Gasteiger charge is 2.07. The van der Waals surface area contributed by atoms with Crippen molar-refractivity contribution in [1.82, 2.24) is 0 Å². The molecule has 0 spiro atoms. The van der Waals surface area contributed by atoms with Crippen LogP contribution in [0.25, 0.3) is 0 Å². The van der Waals surface area contributed by atoms with Crippen LogP contribution in [0.15, 0.2) is 18.2 Å². The van der Waals surface area contributed by atoms with Crippen LogP contribution in [-0.2, 0) is 0 Å². The second kappa shape index (κ2) is 5.47. The third-order valence-electron chi connectivity index (χ3n) is 2.06. The van der Waals surface area contributed by atoms with Gasteiger partial charge in [0, 0.05) is 5.88 Å². The van der Waals surface area contributed by atoms with Gasteiger partial charge in [0.2, 0.25) is 0 Å². The summed E-state index contributed by atoms with van der Waals surface area (Å²) in [5, 5.41) is 0.654. The summed E-state index contributed by atoms with van der Waals surface area (Å²) in [5.74, 6) is 1.66. The van der Waals surface area contributed by atoms with E-state index in [1.54, 1.807) is 0 Å². The molecule has 0 aliphatic carbocycles. The molecule has 0 aliphatic rings. The van der Waals surface area contributed by atoms with Gasteiger partial charge in [-0.1, -0.05) is 24.6 Å².